The zero-order valence-corrected chi connectivity index (χ0v) is 13.7. The highest BCUT2D eigenvalue weighted by Crippen LogP contribution is 2.25. The fourth-order valence-electron chi connectivity index (χ4n) is 2.50. The molecule has 0 amide bonds. The van der Waals surface area contributed by atoms with Crippen molar-refractivity contribution in [1.82, 2.24) is 14.7 Å². The van der Waals surface area contributed by atoms with Crippen LogP contribution in [0.3, 0.4) is 0 Å². The molecule has 1 N–H and O–H groups in total. The van der Waals surface area contributed by atoms with Crippen LogP contribution in [0, 0.1) is 15.9 Å². The Bertz CT molecular complexity index is 714. The molecule has 1 saturated heterocycles. The third kappa shape index (κ3) is 3.71. The van der Waals surface area contributed by atoms with E-state index in [0.29, 0.717) is 6.67 Å². The number of hydrazone groups is 1. The summed E-state index contributed by atoms with van der Waals surface area (Å²) in [5.41, 5.74) is -0.572. The summed E-state index contributed by atoms with van der Waals surface area (Å²) in [7, 11) is 3.38. The van der Waals surface area contributed by atoms with Gasteiger partial charge in [0.25, 0.3) is 5.96 Å². The smallest absolute Gasteiger partial charge is 0.338 e. The van der Waals surface area contributed by atoms with Crippen molar-refractivity contribution in [3.05, 3.63) is 44.2 Å². The molecule has 0 radical (unpaired) electrons. The molecule has 0 atom stereocenters. The summed E-state index contributed by atoms with van der Waals surface area (Å²) in [6, 6.07) is 2.36. The molecular formula is C13H15ClFN5O4. The molecule has 0 aromatic heterocycles. The van der Waals surface area contributed by atoms with Crippen molar-refractivity contribution in [3.8, 4) is 0 Å². The topological polar surface area (TPSA) is 103 Å². The van der Waals surface area contributed by atoms with E-state index in [-0.39, 0.29) is 29.8 Å². The number of rotatable bonds is 4. The van der Waals surface area contributed by atoms with Crippen LogP contribution in [0.5, 0.6) is 0 Å². The number of carbonyl (C=O) groups is 1. The number of halogens is 2. The third-order valence-corrected chi connectivity index (χ3v) is 3.78. The minimum absolute atomic E-state index is 0.0360. The molecule has 24 heavy (non-hydrogen) atoms. The average molecular weight is 360 g/mol. The molecule has 9 nitrogen and oxygen atoms in total. The van der Waals surface area contributed by atoms with Crippen molar-refractivity contribution >= 4 is 23.5 Å². The second-order valence-electron chi connectivity index (χ2n) is 5.37. The van der Waals surface area contributed by atoms with Crippen LogP contribution in [0.4, 0.5) is 4.39 Å². The quantitative estimate of drug-likeness (QED) is 0.638. The van der Waals surface area contributed by atoms with Gasteiger partial charge in [0.15, 0.2) is 5.03 Å². The first kappa shape index (κ1) is 17.9. The van der Waals surface area contributed by atoms with E-state index in [2.05, 4.69) is 5.10 Å². The number of carboxylic acids is 1. The van der Waals surface area contributed by atoms with Crippen LogP contribution in [0.1, 0.15) is 15.9 Å². The number of guanidine groups is 1. The van der Waals surface area contributed by atoms with Gasteiger partial charge in [0, 0.05) is 17.6 Å². The number of aromatic carboxylic acids is 1. The number of hydrogen-bond donors (Lipinski definition) is 1. The van der Waals surface area contributed by atoms with Crippen molar-refractivity contribution in [2.24, 2.45) is 5.10 Å². The van der Waals surface area contributed by atoms with Gasteiger partial charge in [0.2, 0.25) is 0 Å². The first-order chi connectivity index (χ1) is 11.2. The van der Waals surface area contributed by atoms with Gasteiger partial charge in [-0.15, -0.1) is 0 Å². The van der Waals surface area contributed by atoms with Crippen LogP contribution in [0.2, 0.25) is 5.02 Å². The van der Waals surface area contributed by atoms with Gasteiger partial charge in [-0.25, -0.2) is 19.3 Å². The fraction of sp³-hybridized carbons (Fsp3) is 0.385. The summed E-state index contributed by atoms with van der Waals surface area (Å²) >= 11 is 5.99. The molecule has 1 aliphatic heterocycles. The highest BCUT2D eigenvalue weighted by molar-refractivity contribution is 6.31. The number of nitro groups is 1. The number of hydrogen-bond acceptors (Lipinski definition) is 4. The van der Waals surface area contributed by atoms with Gasteiger partial charge in [0.1, 0.15) is 10.9 Å². The molecule has 1 fully saturated rings. The van der Waals surface area contributed by atoms with E-state index in [1.165, 1.54) is 15.9 Å². The lowest BCUT2D eigenvalue weighted by atomic mass is 10.1. The Morgan fingerprint density at radius 3 is 2.71 bits per heavy atom. The van der Waals surface area contributed by atoms with Gasteiger partial charge < -0.3 is 14.9 Å². The second-order valence-corrected chi connectivity index (χ2v) is 5.77. The monoisotopic (exact) mass is 359 g/mol. The van der Waals surface area contributed by atoms with Crippen molar-refractivity contribution in [1.29, 1.82) is 0 Å². The molecule has 0 saturated carbocycles. The van der Waals surface area contributed by atoms with E-state index < -0.39 is 22.4 Å². The molecule has 1 heterocycles. The molecule has 1 aliphatic rings. The minimum atomic E-state index is -1.42. The Kier molecular flexibility index (Phi) is 5.20. The second kappa shape index (κ2) is 6.97. The number of nitrogens with zero attached hydrogens (tertiary/aromatic N) is 5. The molecule has 0 bridgehead atoms. The van der Waals surface area contributed by atoms with Gasteiger partial charge in [-0.05, 0) is 19.2 Å². The van der Waals surface area contributed by atoms with Gasteiger partial charge in [-0.2, -0.15) is 0 Å². The van der Waals surface area contributed by atoms with Crippen molar-refractivity contribution < 1.29 is 19.3 Å². The standard InChI is InChI=1S/C13H15ClFN5O4/c1-17-6-18(2)13(16-20(23)24)19(7-17)5-9-10(14)4-3-8(11(9)15)12(21)22/h3-4H,5-7H2,1-2H3,(H,21,22). The molecule has 11 heteroatoms. The van der Waals surface area contributed by atoms with Crippen molar-refractivity contribution in [3.63, 3.8) is 0 Å². The van der Waals surface area contributed by atoms with Crippen LogP contribution in [0.25, 0.3) is 0 Å². The highest BCUT2D eigenvalue weighted by Gasteiger charge is 2.29. The largest absolute Gasteiger partial charge is 0.478 e. The first-order valence-electron chi connectivity index (χ1n) is 6.78. The van der Waals surface area contributed by atoms with E-state index in [4.69, 9.17) is 16.7 Å². The molecule has 1 aromatic rings. The van der Waals surface area contributed by atoms with E-state index in [0.717, 1.165) is 6.07 Å². The zero-order chi connectivity index (χ0) is 18.0. The summed E-state index contributed by atoms with van der Waals surface area (Å²) in [5.74, 6) is -2.35. The molecule has 2 rings (SSSR count). The zero-order valence-electron chi connectivity index (χ0n) is 12.9. The normalized spacial score (nSPS) is 17.4. The van der Waals surface area contributed by atoms with E-state index in [9.17, 15) is 19.3 Å². The molecular weight excluding hydrogens is 345 g/mol. The maximum atomic E-state index is 14.4. The molecule has 0 unspecified atom stereocenters. The molecule has 0 spiro atoms. The van der Waals surface area contributed by atoms with E-state index in [1.807, 2.05) is 4.90 Å². The lowest BCUT2D eigenvalue weighted by molar-refractivity contribution is -0.486. The highest BCUT2D eigenvalue weighted by atomic mass is 35.5. The van der Waals surface area contributed by atoms with Crippen molar-refractivity contribution in [2.75, 3.05) is 27.4 Å². The summed E-state index contributed by atoms with van der Waals surface area (Å²) in [4.78, 5) is 26.6. The number of benzene rings is 1. The van der Waals surface area contributed by atoms with E-state index >= 15 is 0 Å². The van der Waals surface area contributed by atoms with E-state index in [1.54, 1.807) is 14.1 Å². The Hall–Kier alpha value is -2.46. The SMILES string of the molecule is CN1CN(C)C(=N[N+](=O)[O-])N(Cc2c(Cl)ccc(C(=O)O)c2F)C1. The van der Waals surface area contributed by atoms with Crippen LogP contribution in [-0.2, 0) is 6.54 Å². The Morgan fingerprint density at radius 1 is 1.46 bits per heavy atom. The third-order valence-electron chi connectivity index (χ3n) is 3.43. The summed E-state index contributed by atoms with van der Waals surface area (Å²) < 4.78 is 14.4. The maximum absolute atomic E-state index is 14.4. The maximum Gasteiger partial charge on any atom is 0.338 e. The predicted octanol–water partition coefficient (Wildman–Crippen LogP) is 1.32. The van der Waals surface area contributed by atoms with Crippen LogP contribution in [-0.4, -0.2) is 64.2 Å². The van der Waals surface area contributed by atoms with Crippen LogP contribution in [0.15, 0.2) is 17.2 Å². The average Bonchev–Trinajstić information content (AvgIpc) is 2.46. The van der Waals surface area contributed by atoms with Gasteiger partial charge >= 0.3 is 5.97 Å². The predicted molar refractivity (Wildman–Crippen MR) is 83.6 cm³/mol. The first-order valence-corrected chi connectivity index (χ1v) is 7.16. The van der Waals surface area contributed by atoms with Gasteiger partial charge in [-0.3, -0.25) is 4.90 Å². The fourth-order valence-corrected chi connectivity index (χ4v) is 2.70. The summed E-state index contributed by atoms with van der Waals surface area (Å²) in [6.45, 7) is 0.478. The molecule has 1 aromatic carbocycles. The lowest BCUT2D eigenvalue weighted by Crippen LogP contribution is -2.56. The molecule has 130 valence electrons. The van der Waals surface area contributed by atoms with Crippen LogP contribution < -0.4 is 0 Å². The minimum Gasteiger partial charge on any atom is -0.478 e. The molecule has 0 aliphatic carbocycles. The summed E-state index contributed by atoms with van der Waals surface area (Å²) in [5, 5.41) is 22.3. The van der Waals surface area contributed by atoms with Crippen molar-refractivity contribution in [2.45, 2.75) is 6.54 Å². The Labute approximate surface area is 141 Å². The van der Waals surface area contributed by atoms with Gasteiger partial charge in [-0.1, -0.05) is 11.6 Å². The van der Waals surface area contributed by atoms with Crippen LogP contribution >= 0.6 is 11.6 Å². The summed E-state index contributed by atoms with van der Waals surface area (Å²) in [6.07, 6.45) is 0. The lowest BCUT2D eigenvalue weighted by Gasteiger charge is -2.40. The Morgan fingerprint density at radius 2 is 2.12 bits per heavy atom. The Balaban J connectivity index is 2.42. The van der Waals surface area contributed by atoms with Gasteiger partial charge in [0.05, 0.1) is 25.4 Å². The number of carboxylic acid groups (broad SMARTS) is 1.